The highest BCUT2D eigenvalue weighted by Crippen LogP contribution is 2.37. The fourth-order valence-corrected chi connectivity index (χ4v) is 3.28. The number of rotatable bonds is 2. The molecule has 18 heavy (non-hydrogen) atoms. The Morgan fingerprint density at radius 2 is 2.22 bits per heavy atom. The van der Waals surface area contributed by atoms with E-state index in [1.54, 1.807) is 0 Å². The quantitative estimate of drug-likeness (QED) is 0.850. The zero-order chi connectivity index (χ0) is 12.6. The first kappa shape index (κ1) is 11.9. The standard InChI is InChI=1S/C16H23NO/c1-16(2)8-3-4-14(11-16)18-13-5-6-15-12(10-13)7-9-17-15/h5-6,10,14,17H,3-4,7-9,11H2,1-2H3. The highest BCUT2D eigenvalue weighted by molar-refractivity contribution is 5.57. The molecule has 2 aliphatic rings. The van der Waals surface area contributed by atoms with Crippen LogP contribution in [0.15, 0.2) is 18.2 Å². The topological polar surface area (TPSA) is 21.3 Å². The SMILES string of the molecule is CC1(C)CCCC(Oc2ccc3c(c2)CCN3)C1. The van der Waals surface area contributed by atoms with Crippen molar-refractivity contribution in [3.8, 4) is 5.75 Å². The van der Waals surface area contributed by atoms with Gasteiger partial charge in [0.2, 0.25) is 0 Å². The number of benzene rings is 1. The second-order valence-electron chi connectivity index (χ2n) is 6.50. The van der Waals surface area contributed by atoms with Crippen molar-refractivity contribution in [3.63, 3.8) is 0 Å². The third kappa shape index (κ3) is 2.47. The average molecular weight is 245 g/mol. The summed E-state index contributed by atoms with van der Waals surface area (Å²) in [5.41, 5.74) is 3.13. The number of fused-ring (bicyclic) bond motifs is 1. The Morgan fingerprint density at radius 3 is 3.06 bits per heavy atom. The van der Waals surface area contributed by atoms with E-state index in [2.05, 4.69) is 37.4 Å². The Kier molecular flexibility index (Phi) is 2.96. The molecule has 0 radical (unpaired) electrons. The number of nitrogens with one attached hydrogen (secondary N) is 1. The van der Waals surface area contributed by atoms with Crippen molar-refractivity contribution in [3.05, 3.63) is 23.8 Å². The fraction of sp³-hybridized carbons (Fsp3) is 0.625. The van der Waals surface area contributed by atoms with E-state index in [1.807, 2.05) is 0 Å². The lowest BCUT2D eigenvalue weighted by molar-refractivity contribution is 0.0851. The van der Waals surface area contributed by atoms with Gasteiger partial charge in [0, 0.05) is 12.2 Å². The van der Waals surface area contributed by atoms with Gasteiger partial charge in [-0.25, -0.2) is 0 Å². The van der Waals surface area contributed by atoms with Crippen molar-refractivity contribution in [1.82, 2.24) is 0 Å². The zero-order valence-electron chi connectivity index (χ0n) is 11.5. The molecule has 1 atom stereocenters. The summed E-state index contributed by atoms with van der Waals surface area (Å²) in [6.07, 6.45) is 6.55. The number of anilines is 1. The van der Waals surface area contributed by atoms with Crippen LogP contribution in [0, 0.1) is 5.41 Å². The normalized spacial score (nSPS) is 25.3. The molecule has 0 saturated heterocycles. The third-order valence-corrected chi connectivity index (χ3v) is 4.25. The molecule has 0 amide bonds. The van der Waals surface area contributed by atoms with Crippen LogP contribution in [0.5, 0.6) is 5.75 Å². The lowest BCUT2D eigenvalue weighted by Crippen LogP contribution is -2.30. The predicted octanol–water partition coefficient (Wildman–Crippen LogP) is 4.00. The molecule has 0 aromatic heterocycles. The second-order valence-corrected chi connectivity index (χ2v) is 6.50. The van der Waals surface area contributed by atoms with Crippen LogP contribution in [0.2, 0.25) is 0 Å². The molecule has 0 spiro atoms. The summed E-state index contributed by atoms with van der Waals surface area (Å²) in [7, 11) is 0. The van der Waals surface area contributed by atoms with Crippen molar-refractivity contribution in [2.24, 2.45) is 5.41 Å². The summed E-state index contributed by atoms with van der Waals surface area (Å²) >= 11 is 0. The third-order valence-electron chi connectivity index (χ3n) is 4.25. The summed E-state index contributed by atoms with van der Waals surface area (Å²) in [6.45, 7) is 5.78. The minimum Gasteiger partial charge on any atom is -0.490 e. The van der Waals surface area contributed by atoms with Gasteiger partial charge in [0.05, 0.1) is 6.10 Å². The largest absolute Gasteiger partial charge is 0.490 e. The first-order valence-electron chi connectivity index (χ1n) is 7.16. The van der Waals surface area contributed by atoms with E-state index in [9.17, 15) is 0 Å². The van der Waals surface area contributed by atoms with E-state index in [4.69, 9.17) is 4.74 Å². The molecule has 0 bridgehead atoms. The number of hydrogen-bond acceptors (Lipinski definition) is 2. The van der Waals surface area contributed by atoms with Gasteiger partial charge >= 0.3 is 0 Å². The Balaban J connectivity index is 1.69. The summed E-state index contributed by atoms with van der Waals surface area (Å²) in [5.74, 6) is 1.06. The van der Waals surface area contributed by atoms with Crippen LogP contribution >= 0.6 is 0 Å². The van der Waals surface area contributed by atoms with E-state index in [0.29, 0.717) is 11.5 Å². The molecular weight excluding hydrogens is 222 g/mol. The lowest BCUT2D eigenvalue weighted by atomic mass is 9.76. The van der Waals surface area contributed by atoms with Gasteiger partial charge in [0.1, 0.15) is 5.75 Å². The van der Waals surface area contributed by atoms with Crippen LogP contribution in [-0.4, -0.2) is 12.6 Å². The summed E-state index contributed by atoms with van der Waals surface area (Å²) in [5, 5.41) is 3.39. The van der Waals surface area contributed by atoms with E-state index >= 15 is 0 Å². The zero-order valence-corrected chi connectivity index (χ0v) is 11.5. The van der Waals surface area contributed by atoms with Gasteiger partial charge in [-0.1, -0.05) is 13.8 Å². The van der Waals surface area contributed by atoms with E-state index in [-0.39, 0.29) is 0 Å². The maximum atomic E-state index is 6.19. The monoisotopic (exact) mass is 245 g/mol. The first-order chi connectivity index (χ1) is 8.62. The minimum atomic E-state index is 0.404. The van der Waals surface area contributed by atoms with Crippen molar-refractivity contribution in [2.75, 3.05) is 11.9 Å². The van der Waals surface area contributed by atoms with Crippen LogP contribution in [0.4, 0.5) is 5.69 Å². The molecule has 2 heteroatoms. The highest BCUT2D eigenvalue weighted by atomic mass is 16.5. The summed E-state index contributed by atoms with van der Waals surface area (Å²) in [6, 6.07) is 6.49. The van der Waals surface area contributed by atoms with Gasteiger partial charge in [0.15, 0.2) is 0 Å². The maximum Gasteiger partial charge on any atom is 0.120 e. The second kappa shape index (κ2) is 4.49. The molecular formula is C16H23NO. The minimum absolute atomic E-state index is 0.404. The molecule has 1 fully saturated rings. The van der Waals surface area contributed by atoms with Crippen molar-refractivity contribution >= 4 is 5.69 Å². The van der Waals surface area contributed by atoms with Gasteiger partial charge in [0.25, 0.3) is 0 Å². The molecule has 1 aliphatic carbocycles. The van der Waals surface area contributed by atoms with Crippen molar-refractivity contribution in [1.29, 1.82) is 0 Å². The highest BCUT2D eigenvalue weighted by Gasteiger charge is 2.29. The van der Waals surface area contributed by atoms with E-state index < -0.39 is 0 Å². The van der Waals surface area contributed by atoms with Gasteiger partial charge in [-0.05, 0) is 61.3 Å². The smallest absolute Gasteiger partial charge is 0.120 e. The Hall–Kier alpha value is -1.18. The van der Waals surface area contributed by atoms with Crippen molar-refractivity contribution < 1.29 is 4.74 Å². The molecule has 1 aromatic rings. The Bertz CT molecular complexity index is 439. The van der Waals surface area contributed by atoms with Gasteiger partial charge < -0.3 is 10.1 Å². The molecule has 1 unspecified atom stereocenters. The molecule has 1 aliphatic heterocycles. The van der Waals surface area contributed by atoms with Crippen LogP contribution in [0.1, 0.15) is 45.1 Å². The Labute approximate surface area is 110 Å². The van der Waals surface area contributed by atoms with Gasteiger partial charge in [-0.2, -0.15) is 0 Å². The average Bonchev–Trinajstić information content (AvgIpc) is 2.74. The van der Waals surface area contributed by atoms with Gasteiger partial charge in [-0.3, -0.25) is 0 Å². The number of ether oxygens (including phenoxy) is 1. The predicted molar refractivity (Wildman–Crippen MR) is 75.3 cm³/mol. The fourth-order valence-electron chi connectivity index (χ4n) is 3.28. The molecule has 2 nitrogen and oxygen atoms in total. The molecule has 1 saturated carbocycles. The van der Waals surface area contributed by atoms with Gasteiger partial charge in [-0.15, -0.1) is 0 Å². The van der Waals surface area contributed by atoms with Crippen LogP contribution < -0.4 is 10.1 Å². The van der Waals surface area contributed by atoms with Crippen LogP contribution in [0.25, 0.3) is 0 Å². The molecule has 1 N–H and O–H groups in total. The maximum absolute atomic E-state index is 6.19. The molecule has 1 heterocycles. The molecule has 1 aromatic carbocycles. The van der Waals surface area contributed by atoms with Crippen molar-refractivity contribution in [2.45, 2.75) is 52.1 Å². The van der Waals surface area contributed by atoms with E-state index in [1.165, 1.54) is 36.9 Å². The summed E-state index contributed by atoms with van der Waals surface area (Å²) in [4.78, 5) is 0. The Morgan fingerprint density at radius 1 is 1.33 bits per heavy atom. The molecule has 3 rings (SSSR count). The van der Waals surface area contributed by atoms with E-state index in [0.717, 1.165) is 18.7 Å². The van der Waals surface area contributed by atoms with Crippen LogP contribution in [0.3, 0.4) is 0 Å². The number of hydrogen-bond donors (Lipinski definition) is 1. The lowest BCUT2D eigenvalue weighted by Gasteiger charge is -2.35. The summed E-state index contributed by atoms with van der Waals surface area (Å²) < 4.78 is 6.19. The first-order valence-corrected chi connectivity index (χ1v) is 7.16. The molecule has 98 valence electrons. The van der Waals surface area contributed by atoms with Crippen LogP contribution in [-0.2, 0) is 6.42 Å².